The molecule has 47 heavy (non-hydrogen) atoms. The molecule has 0 radical (unpaired) electrons. The monoisotopic (exact) mass is 645 g/mol. The molecule has 2 aliphatic rings. The number of likely N-dealkylation sites (tertiary alicyclic amines) is 2. The van der Waals surface area contributed by atoms with Gasteiger partial charge in [0.15, 0.2) is 11.3 Å². The summed E-state index contributed by atoms with van der Waals surface area (Å²) >= 11 is 0. The molecular weight excluding hydrogens is 607 g/mol. The number of amides is 1. The maximum absolute atomic E-state index is 16.8. The van der Waals surface area contributed by atoms with Crippen molar-refractivity contribution >= 4 is 27.8 Å². The smallest absolute Gasteiger partial charge is 0.257 e. The fourth-order valence-electron chi connectivity index (χ4n) is 7.07. The predicted molar refractivity (Wildman–Crippen MR) is 173 cm³/mol. The van der Waals surface area contributed by atoms with Gasteiger partial charge in [0.1, 0.15) is 17.6 Å². The van der Waals surface area contributed by atoms with Crippen LogP contribution in [0.5, 0.6) is 5.88 Å². The number of benzene rings is 2. The lowest BCUT2D eigenvalue weighted by Gasteiger charge is -2.38. The highest BCUT2D eigenvalue weighted by Gasteiger charge is 2.34. The van der Waals surface area contributed by atoms with E-state index in [1.54, 1.807) is 4.68 Å². The summed E-state index contributed by atoms with van der Waals surface area (Å²) in [7, 11) is 2.05. The first-order valence-electron chi connectivity index (χ1n) is 16.0. The van der Waals surface area contributed by atoms with Crippen LogP contribution in [-0.4, -0.2) is 80.9 Å². The maximum Gasteiger partial charge on any atom is 0.257 e. The Morgan fingerprint density at radius 3 is 2.68 bits per heavy atom. The van der Waals surface area contributed by atoms with Crippen molar-refractivity contribution in [1.82, 2.24) is 29.8 Å². The highest BCUT2D eigenvalue weighted by molar-refractivity contribution is 6.06. The Kier molecular flexibility index (Phi) is 9.19. The van der Waals surface area contributed by atoms with Gasteiger partial charge in [0.05, 0.1) is 18.5 Å². The number of alkyl halides is 2. The van der Waals surface area contributed by atoms with Gasteiger partial charge in [-0.05, 0) is 94.4 Å². The standard InChI is InChI=1S/C35H38F3N7O2/c1-20-7-5-9-26(22(20)3)30-21(2)17-27-32(31(30)38)40-35(47-19-25-8-6-15-43(25)4)33-34(27)45(42-41-33)24-13-16-44(23(18-24)12-14-39)29(46)11-10-28(36)37/h5,7,9-11,17,23-25,28H,6,8,12-13,15-16,18-19H2,1-4H3/b11-10+/t23-,24+,25+/m1/s1. The molecule has 12 heteroatoms. The number of aryl methyl sites for hydroxylation is 2. The van der Waals surface area contributed by atoms with Crippen LogP contribution in [-0.2, 0) is 4.79 Å². The van der Waals surface area contributed by atoms with E-state index < -0.39 is 24.2 Å². The average molecular weight is 646 g/mol. The normalized spacial score (nSPS) is 20.6. The lowest BCUT2D eigenvalue weighted by Crippen LogP contribution is -2.46. The van der Waals surface area contributed by atoms with Crippen LogP contribution in [0.15, 0.2) is 36.4 Å². The van der Waals surface area contributed by atoms with Gasteiger partial charge in [-0.25, -0.2) is 22.8 Å². The summed E-state index contributed by atoms with van der Waals surface area (Å²) in [4.78, 5) is 21.2. The van der Waals surface area contributed by atoms with Crippen molar-refractivity contribution in [3.05, 3.63) is 58.9 Å². The highest BCUT2D eigenvalue weighted by atomic mass is 19.3. The van der Waals surface area contributed by atoms with E-state index in [9.17, 15) is 18.8 Å². The molecule has 4 aromatic rings. The number of piperidine rings is 1. The molecule has 0 bridgehead atoms. The Bertz CT molecular complexity index is 1900. The summed E-state index contributed by atoms with van der Waals surface area (Å²) < 4.78 is 50.4. The molecule has 0 saturated carbocycles. The molecule has 9 nitrogen and oxygen atoms in total. The minimum atomic E-state index is -2.75. The van der Waals surface area contributed by atoms with Crippen LogP contribution in [0.1, 0.15) is 54.8 Å². The molecule has 2 saturated heterocycles. The molecule has 2 fully saturated rings. The number of fused-ring (bicyclic) bond motifs is 3. The van der Waals surface area contributed by atoms with E-state index in [-0.39, 0.29) is 36.4 Å². The van der Waals surface area contributed by atoms with Gasteiger partial charge in [0.25, 0.3) is 6.43 Å². The number of ether oxygens (including phenoxy) is 1. The minimum Gasteiger partial charge on any atom is -0.474 e. The maximum atomic E-state index is 16.8. The van der Waals surface area contributed by atoms with Gasteiger partial charge in [-0.15, -0.1) is 5.10 Å². The molecular formula is C35H38F3N7O2. The zero-order chi connectivity index (χ0) is 33.4. The molecule has 0 spiro atoms. The van der Waals surface area contributed by atoms with Gasteiger partial charge in [-0.3, -0.25) is 4.79 Å². The Morgan fingerprint density at radius 2 is 1.96 bits per heavy atom. The zero-order valence-corrected chi connectivity index (χ0v) is 27.0. The fourth-order valence-corrected chi connectivity index (χ4v) is 7.07. The quantitative estimate of drug-likeness (QED) is 0.203. The van der Waals surface area contributed by atoms with Crippen LogP contribution < -0.4 is 4.74 Å². The minimum absolute atomic E-state index is 0.0237. The molecule has 1 amide bonds. The third-order valence-corrected chi connectivity index (χ3v) is 9.79. The van der Waals surface area contributed by atoms with Gasteiger partial charge < -0.3 is 14.5 Å². The van der Waals surface area contributed by atoms with Crippen molar-refractivity contribution < 1.29 is 22.7 Å². The van der Waals surface area contributed by atoms with Crippen molar-refractivity contribution in [1.29, 1.82) is 5.26 Å². The number of aromatic nitrogens is 4. The van der Waals surface area contributed by atoms with E-state index in [0.717, 1.165) is 47.7 Å². The number of carbonyl (C=O) groups excluding carboxylic acids is 1. The summed E-state index contributed by atoms with van der Waals surface area (Å²) in [5, 5.41) is 19.1. The first-order chi connectivity index (χ1) is 22.6. The number of rotatable bonds is 8. The number of pyridine rings is 1. The number of nitriles is 1. The summed E-state index contributed by atoms with van der Waals surface area (Å²) in [6.45, 7) is 7.42. The number of carbonyl (C=O) groups is 1. The third kappa shape index (κ3) is 6.16. The van der Waals surface area contributed by atoms with Crippen molar-refractivity contribution in [2.24, 2.45) is 0 Å². The topological polar surface area (TPSA) is 100 Å². The molecule has 4 heterocycles. The van der Waals surface area contributed by atoms with Crippen molar-refractivity contribution in [2.45, 2.75) is 77.4 Å². The van der Waals surface area contributed by atoms with Crippen LogP contribution in [0.25, 0.3) is 33.1 Å². The number of hydrogen-bond acceptors (Lipinski definition) is 7. The second-order valence-corrected chi connectivity index (χ2v) is 12.7. The molecule has 2 aromatic heterocycles. The molecule has 0 unspecified atom stereocenters. The molecule has 2 aromatic carbocycles. The van der Waals surface area contributed by atoms with Gasteiger partial charge in [0, 0.05) is 35.7 Å². The van der Waals surface area contributed by atoms with Gasteiger partial charge in [-0.2, -0.15) is 5.26 Å². The number of hydrogen-bond donors (Lipinski definition) is 0. The summed E-state index contributed by atoms with van der Waals surface area (Å²) in [6, 6.07) is 9.24. The highest BCUT2D eigenvalue weighted by Crippen LogP contribution is 2.40. The van der Waals surface area contributed by atoms with Crippen molar-refractivity contribution in [3.63, 3.8) is 0 Å². The van der Waals surface area contributed by atoms with Crippen molar-refractivity contribution in [2.75, 3.05) is 26.7 Å². The second kappa shape index (κ2) is 13.3. The molecule has 3 atom stereocenters. The number of likely N-dealkylation sites (N-methyl/N-ethyl adjacent to an activating group) is 1. The largest absolute Gasteiger partial charge is 0.474 e. The molecule has 6 rings (SSSR count). The average Bonchev–Trinajstić information content (AvgIpc) is 3.68. The van der Waals surface area contributed by atoms with Crippen LogP contribution in [0.3, 0.4) is 0 Å². The summed E-state index contributed by atoms with van der Waals surface area (Å²) in [5.41, 5.74) is 5.16. The Hall–Kier alpha value is -4.50. The van der Waals surface area contributed by atoms with Crippen LogP contribution >= 0.6 is 0 Å². The molecule has 0 N–H and O–H groups in total. The number of nitrogens with zero attached hydrogens (tertiary/aromatic N) is 7. The number of allylic oxidation sites excluding steroid dienone is 1. The van der Waals surface area contributed by atoms with Gasteiger partial charge >= 0.3 is 0 Å². The Labute approximate surface area is 271 Å². The van der Waals surface area contributed by atoms with Crippen LogP contribution in [0.2, 0.25) is 0 Å². The molecule has 0 aliphatic carbocycles. The number of halogens is 3. The Morgan fingerprint density at radius 1 is 1.15 bits per heavy atom. The summed E-state index contributed by atoms with van der Waals surface area (Å²) in [6.07, 6.45) is 1.51. The SMILES string of the molecule is Cc1cccc(-c2c(C)cc3c(nc(OC[C@@H]4CCCN4C)c4nnn([C@H]5CCN(C(=O)/C=C/C(F)F)[C@H](CC#N)C5)c43)c2F)c1C. The van der Waals surface area contributed by atoms with Gasteiger partial charge in [0.2, 0.25) is 11.8 Å². The Balaban J connectivity index is 1.47. The lowest BCUT2D eigenvalue weighted by atomic mass is 9.92. The molecule has 2 aliphatic heterocycles. The van der Waals surface area contributed by atoms with E-state index in [4.69, 9.17) is 9.72 Å². The molecule has 246 valence electrons. The first-order valence-corrected chi connectivity index (χ1v) is 16.0. The first kappa shape index (κ1) is 32.4. The van der Waals surface area contributed by atoms with E-state index in [1.807, 2.05) is 45.0 Å². The zero-order valence-electron chi connectivity index (χ0n) is 27.0. The predicted octanol–water partition coefficient (Wildman–Crippen LogP) is 6.45. The van der Waals surface area contributed by atoms with E-state index in [0.29, 0.717) is 47.5 Å². The van der Waals surface area contributed by atoms with E-state index in [1.165, 1.54) is 4.90 Å². The van der Waals surface area contributed by atoms with E-state index in [2.05, 4.69) is 28.3 Å². The third-order valence-electron chi connectivity index (χ3n) is 9.79. The van der Waals surface area contributed by atoms with Crippen LogP contribution in [0, 0.1) is 37.9 Å². The van der Waals surface area contributed by atoms with Gasteiger partial charge in [-0.1, -0.05) is 23.4 Å². The van der Waals surface area contributed by atoms with E-state index >= 15 is 4.39 Å². The van der Waals surface area contributed by atoms with Crippen molar-refractivity contribution in [3.8, 4) is 23.1 Å². The van der Waals surface area contributed by atoms with Crippen LogP contribution in [0.4, 0.5) is 13.2 Å². The lowest BCUT2D eigenvalue weighted by molar-refractivity contribution is -0.130. The second-order valence-electron chi connectivity index (χ2n) is 12.7. The fraction of sp³-hybridized carbons (Fsp3) is 0.457. The summed E-state index contributed by atoms with van der Waals surface area (Å²) in [5.74, 6) is -0.821.